The van der Waals surface area contributed by atoms with Crippen molar-refractivity contribution in [3.05, 3.63) is 0 Å². The van der Waals surface area contributed by atoms with Gasteiger partial charge in [-0.3, -0.25) is 9.59 Å². The monoisotopic (exact) mass is 672 g/mol. The maximum atomic E-state index is 13.7. The summed E-state index contributed by atoms with van der Waals surface area (Å²) in [5.41, 5.74) is -2.50. The number of carbonyl (C=O) groups is 2. The fourth-order valence-corrected chi connectivity index (χ4v) is 7.73. The van der Waals surface area contributed by atoms with E-state index in [-0.39, 0.29) is 30.0 Å². The topological polar surface area (TPSA) is 145 Å². The Hall–Kier alpha value is -1.38. The summed E-state index contributed by atoms with van der Waals surface area (Å²) in [6.07, 6.45) is -3.96. The molecule has 0 aromatic rings. The van der Waals surface area contributed by atoms with E-state index in [1.54, 1.807) is 13.8 Å². The number of rotatable bonds is 5. The summed E-state index contributed by atoms with van der Waals surface area (Å²) in [6.45, 7) is 19.6. The van der Waals surface area contributed by atoms with E-state index in [2.05, 4.69) is 12.2 Å². The molecule has 4 fully saturated rings. The van der Waals surface area contributed by atoms with Gasteiger partial charge in [-0.1, -0.05) is 27.7 Å². The lowest BCUT2D eigenvalue weighted by Crippen LogP contribution is -2.61. The van der Waals surface area contributed by atoms with Gasteiger partial charge in [0.15, 0.2) is 12.4 Å². The van der Waals surface area contributed by atoms with Gasteiger partial charge >= 0.3 is 11.9 Å². The Bertz CT molecular complexity index is 1030. The van der Waals surface area contributed by atoms with Crippen LogP contribution in [-0.4, -0.2) is 127 Å². The molecule has 4 heterocycles. The smallest absolute Gasteiger partial charge is 0.311 e. The largest absolute Gasteiger partial charge is 0.459 e. The number of nitrogens with one attached hydrogen (secondary N) is 1. The van der Waals surface area contributed by atoms with Crippen LogP contribution in [0.3, 0.4) is 0 Å². The van der Waals surface area contributed by atoms with E-state index in [9.17, 15) is 19.8 Å². The summed E-state index contributed by atoms with van der Waals surface area (Å²) in [7, 11) is 3.86. The average molecular weight is 673 g/mol. The van der Waals surface area contributed by atoms with Crippen LogP contribution in [-0.2, 0) is 38.0 Å². The minimum absolute atomic E-state index is 0.0608. The molecular weight excluding hydrogens is 608 g/mol. The normalized spacial score (nSPS) is 46.4. The predicted octanol–water partition coefficient (Wildman–Crippen LogP) is 2.90. The molecule has 2 bridgehead atoms. The third-order valence-corrected chi connectivity index (χ3v) is 10.4. The van der Waals surface area contributed by atoms with Gasteiger partial charge in [0.25, 0.3) is 0 Å². The summed E-state index contributed by atoms with van der Waals surface area (Å²) in [4.78, 5) is 28.0. The molecule has 12 heteroatoms. The fraction of sp³-hybridized carbons (Fsp3) is 0.943. The van der Waals surface area contributed by atoms with E-state index in [4.69, 9.17) is 28.4 Å². The van der Waals surface area contributed by atoms with Crippen LogP contribution in [0, 0.1) is 23.7 Å². The van der Waals surface area contributed by atoms with E-state index < -0.39 is 71.8 Å². The lowest BCUT2D eigenvalue weighted by molar-refractivity contribution is -0.306. The molecule has 274 valence electrons. The van der Waals surface area contributed by atoms with Gasteiger partial charge in [-0.05, 0) is 80.4 Å². The molecule has 0 radical (unpaired) electrons. The number of nitrogens with zero attached hydrogens (tertiary/aromatic N) is 1. The molecular formula is C35H64N2O10. The molecule has 4 aliphatic heterocycles. The van der Waals surface area contributed by atoms with Gasteiger partial charge in [0.1, 0.15) is 17.8 Å². The van der Waals surface area contributed by atoms with Gasteiger partial charge in [-0.2, -0.15) is 0 Å². The lowest BCUT2D eigenvalue weighted by atomic mass is 9.77. The molecule has 0 amide bonds. The third-order valence-electron chi connectivity index (χ3n) is 10.4. The highest BCUT2D eigenvalue weighted by atomic mass is 16.7. The highest BCUT2D eigenvalue weighted by molar-refractivity contribution is 5.73. The first kappa shape index (κ1) is 40.1. The van der Waals surface area contributed by atoms with Crippen molar-refractivity contribution in [3.8, 4) is 0 Å². The molecule has 3 N–H and O–H groups in total. The van der Waals surface area contributed by atoms with Crippen molar-refractivity contribution in [1.82, 2.24) is 10.2 Å². The van der Waals surface area contributed by atoms with Crippen LogP contribution < -0.4 is 5.32 Å². The van der Waals surface area contributed by atoms with Crippen molar-refractivity contribution in [2.45, 2.75) is 155 Å². The first-order valence-corrected chi connectivity index (χ1v) is 17.6. The van der Waals surface area contributed by atoms with Gasteiger partial charge in [0.2, 0.25) is 0 Å². The molecule has 47 heavy (non-hydrogen) atoms. The molecule has 12 nitrogen and oxygen atoms in total. The summed E-state index contributed by atoms with van der Waals surface area (Å²) in [6, 6.07) is -0.453. The number of fused-ring (bicyclic) bond motifs is 15. The van der Waals surface area contributed by atoms with Gasteiger partial charge in [-0.15, -0.1) is 0 Å². The SMILES string of the molecule is CC[C@H]1OC(=O)C(C)C(O)[C@H](C)[C@@H](O[C@@H]2O[C@H](C)C[C@H](N(C)C)[C@H]2OC(C)=O)[C@@]2(C)C[C@@H](C)CN[C@H](C)[C@H](OCC(C)CO2)[C@]1(C)O. The summed E-state index contributed by atoms with van der Waals surface area (Å²) >= 11 is 0. The zero-order valence-corrected chi connectivity index (χ0v) is 30.9. The Balaban J connectivity index is 2.18. The number of carbonyl (C=O) groups excluding carboxylic acids is 2. The number of ether oxygens (including phenoxy) is 6. The zero-order valence-electron chi connectivity index (χ0n) is 30.9. The molecule has 4 rings (SSSR count). The number of aliphatic hydroxyl groups excluding tert-OH is 1. The molecule has 0 aliphatic carbocycles. The Labute approximate surface area is 282 Å². The van der Waals surface area contributed by atoms with Crippen LogP contribution in [0.1, 0.15) is 88.5 Å². The fourth-order valence-electron chi connectivity index (χ4n) is 7.73. The second-order valence-electron chi connectivity index (χ2n) is 15.4. The van der Waals surface area contributed by atoms with Crippen molar-refractivity contribution in [3.63, 3.8) is 0 Å². The Morgan fingerprint density at radius 1 is 1.09 bits per heavy atom. The highest BCUT2D eigenvalue weighted by Gasteiger charge is 2.52. The molecule has 3 unspecified atom stereocenters. The van der Waals surface area contributed by atoms with Crippen LogP contribution >= 0.6 is 0 Å². The number of esters is 2. The van der Waals surface area contributed by atoms with Crippen molar-refractivity contribution in [2.24, 2.45) is 23.7 Å². The molecule has 4 aliphatic rings. The summed E-state index contributed by atoms with van der Waals surface area (Å²) < 4.78 is 38.4. The van der Waals surface area contributed by atoms with Crippen LogP contribution in [0.5, 0.6) is 0 Å². The zero-order chi connectivity index (χ0) is 35.4. The minimum Gasteiger partial charge on any atom is -0.459 e. The number of likely N-dealkylation sites (N-methyl/N-ethyl adjacent to an activating group) is 1. The second-order valence-corrected chi connectivity index (χ2v) is 15.4. The first-order valence-electron chi connectivity index (χ1n) is 17.6. The summed E-state index contributed by atoms with van der Waals surface area (Å²) in [5, 5.41) is 27.4. The minimum atomic E-state index is -1.52. The molecule has 0 aromatic carbocycles. The maximum Gasteiger partial charge on any atom is 0.311 e. The van der Waals surface area contributed by atoms with Crippen LogP contribution in [0.4, 0.5) is 0 Å². The van der Waals surface area contributed by atoms with Gasteiger partial charge in [0, 0.05) is 24.8 Å². The van der Waals surface area contributed by atoms with Gasteiger partial charge in [0.05, 0.1) is 49.1 Å². The Morgan fingerprint density at radius 3 is 2.34 bits per heavy atom. The first-order chi connectivity index (χ1) is 21.8. The van der Waals surface area contributed by atoms with Crippen molar-refractivity contribution >= 4 is 11.9 Å². The maximum absolute atomic E-state index is 13.7. The van der Waals surface area contributed by atoms with Crippen molar-refractivity contribution < 1.29 is 48.2 Å². The van der Waals surface area contributed by atoms with Gasteiger partial charge < -0.3 is 48.9 Å². The predicted molar refractivity (Wildman–Crippen MR) is 176 cm³/mol. The molecule has 0 spiro atoms. The van der Waals surface area contributed by atoms with Crippen LogP contribution in [0.2, 0.25) is 0 Å². The molecule has 0 aromatic heterocycles. The van der Waals surface area contributed by atoms with Crippen LogP contribution in [0.25, 0.3) is 0 Å². The van der Waals surface area contributed by atoms with Crippen LogP contribution in [0.15, 0.2) is 0 Å². The van der Waals surface area contributed by atoms with Crippen molar-refractivity contribution in [2.75, 3.05) is 33.9 Å². The van der Waals surface area contributed by atoms with E-state index >= 15 is 0 Å². The number of hydrogen-bond acceptors (Lipinski definition) is 12. The van der Waals surface area contributed by atoms with E-state index in [1.807, 2.05) is 60.5 Å². The quantitative estimate of drug-likeness (QED) is 0.370. The third kappa shape index (κ3) is 9.66. The average Bonchev–Trinajstić information content (AvgIpc) is 2.98. The molecule has 4 saturated heterocycles. The molecule has 15 atom stereocenters. The summed E-state index contributed by atoms with van der Waals surface area (Å²) in [5.74, 6) is -2.71. The standard InChI is InChI=1S/C35H64N2O10/c1-13-27-35(10,41)31-24(7)36-16-19(2)15-34(9,43-18-20(3)17-42-31)30(22(5)28(39)23(6)32(40)46-27)47-33-29(45-25(8)38)26(37(11)12)14-21(4)44-33/h19-24,26-31,33,36,39,41H,13-18H2,1-12H3/t19-,20?,21-,22+,23?,24-,26+,27-,28?,29-,30-,31+,33+,34-,35-/m1/s1. The highest BCUT2D eigenvalue weighted by Crippen LogP contribution is 2.39. The number of hydrogen-bond donors (Lipinski definition) is 3. The van der Waals surface area contributed by atoms with E-state index in [1.165, 1.54) is 6.92 Å². The van der Waals surface area contributed by atoms with Crippen molar-refractivity contribution in [1.29, 1.82) is 0 Å². The van der Waals surface area contributed by atoms with E-state index in [0.717, 1.165) is 0 Å². The van der Waals surface area contributed by atoms with Gasteiger partial charge in [-0.25, -0.2) is 0 Å². The van der Waals surface area contributed by atoms with E-state index in [0.29, 0.717) is 39.0 Å². The second kappa shape index (κ2) is 16.6. The number of aliphatic hydroxyl groups is 2. The lowest BCUT2D eigenvalue weighted by Gasteiger charge is -2.49. The molecule has 0 saturated carbocycles. The Morgan fingerprint density at radius 2 is 1.74 bits per heavy atom. The Kier molecular flexibility index (Phi) is 14.1.